The van der Waals surface area contributed by atoms with Crippen LogP contribution in [0.5, 0.6) is 0 Å². The first kappa shape index (κ1) is 12.6. The van der Waals surface area contributed by atoms with Crippen LogP contribution in [0.15, 0.2) is 4.52 Å². The van der Waals surface area contributed by atoms with Crippen LogP contribution >= 0.6 is 0 Å². The predicted molar refractivity (Wildman–Crippen MR) is 74.7 cm³/mol. The Morgan fingerprint density at radius 3 is 2.75 bits per heavy atom. The lowest BCUT2D eigenvalue weighted by molar-refractivity contribution is -0.103. The molecule has 1 N–H and O–H groups in total. The number of anilines is 1. The van der Waals surface area contributed by atoms with Crippen molar-refractivity contribution in [2.75, 3.05) is 11.9 Å². The highest BCUT2D eigenvalue weighted by atomic mass is 16.5. The van der Waals surface area contributed by atoms with Crippen molar-refractivity contribution in [3.05, 3.63) is 5.82 Å². The van der Waals surface area contributed by atoms with Gasteiger partial charge < -0.3 is 14.6 Å². The minimum Gasteiger partial charge on any atom is -0.375 e. The molecule has 2 heterocycles. The van der Waals surface area contributed by atoms with Crippen molar-refractivity contribution in [3.8, 4) is 0 Å². The highest BCUT2D eigenvalue weighted by Gasteiger charge is 2.39. The molecule has 1 aromatic rings. The summed E-state index contributed by atoms with van der Waals surface area (Å²) in [7, 11) is 0. The van der Waals surface area contributed by atoms with Crippen molar-refractivity contribution in [1.29, 1.82) is 0 Å². The molecule has 5 heteroatoms. The zero-order valence-corrected chi connectivity index (χ0v) is 11.9. The Labute approximate surface area is 119 Å². The first-order chi connectivity index (χ1) is 9.83. The molecule has 1 aliphatic heterocycles. The van der Waals surface area contributed by atoms with E-state index in [-0.39, 0.29) is 5.60 Å². The standard InChI is InChI=1S/C15H23N3O2/c1-2-7-15(8-3-1)10-12(6-9-19-15)16-14-17-13(18-20-14)11-4-5-11/h11-12H,1-10H2,(H,16,17,18). The fourth-order valence-corrected chi connectivity index (χ4v) is 3.67. The van der Waals surface area contributed by atoms with Gasteiger partial charge in [-0.25, -0.2) is 0 Å². The number of hydrogen-bond donors (Lipinski definition) is 1. The molecule has 1 unspecified atom stereocenters. The number of rotatable bonds is 3. The smallest absolute Gasteiger partial charge is 0.321 e. The second-order valence-electron chi connectivity index (χ2n) is 6.66. The molecule has 0 aromatic carbocycles. The van der Waals surface area contributed by atoms with Gasteiger partial charge >= 0.3 is 6.01 Å². The Morgan fingerprint density at radius 1 is 1.10 bits per heavy atom. The van der Waals surface area contributed by atoms with Crippen molar-refractivity contribution in [3.63, 3.8) is 0 Å². The average Bonchev–Trinajstić information content (AvgIpc) is 3.21. The summed E-state index contributed by atoms with van der Waals surface area (Å²) in [5, 5.41) is 7.50. The fourth-order valence-electron chi connectivity index (χ4n) is 3.67. The Balaban J connectivity index is 1.39. The maximum absolute atomic E-state index is 6.12. The van der Waals surface area contributed by atoms with Gasteiger partial charge in [0.2, 0.25) is 0 Å². The maximum atomic E-state index is 6.12. The van der Waals surface area contributed by atoms with Crippen LogP contribution in [0.2, 0.25) is 0 Å². The monoisotopic (exact) mass is 277 g/mol. The van der Waals surface area contributed by atoms with E-state index in [1.54, 1.807) is 0 Å². The lowest BCUT2D eigenvalue weighted by Crippen LogP contribution is -2.45. The zero-order valence-electron chi connectivity index (χ0n) is 11.9. The molecule has 0 radical (unpaired) electrons. The van der Waals surface area contributed by atoms with Gasteiger partial charge in [-0.3, -0.25) is 0 Å². The number of nitrogens with zero attached hydrogens (tertiary/aromatic N) is 2. The molecule has 1 spiro atoms. The third kappa shape index (κ3) is 2.55. The molecule has 1 atom stereocenters. The third-order valence-corrected chi connectivity index (χ3v) is 4.97. The summed E-state index contributed by atoms with van der Waals surface area (Å²) >= 11 is 0. The summed E-state index contributed by atoms with van der Waals surface area (Å²) in [5.74, 6) is 1.43. The van der Waals surface area contributed by atoms with Gasteiger partial charge in [0, 0.05) is 18.6 Å². The largest absolute Gasteiger partial charge is 0.375 e. The van der Waals surface area contributed by atoms with E-state index in [4.69, 9.17) is 9.26 Å². The van der Waals surface area contributed by atoms with Crippen LogP contribution in [0.25, 0.3) is 0 Å². The molecule has 3 aliphatic rings. The van der Waals surface area contributed by atoms with Crippen molar-refractivity contribution in [1.82, 2.24) is 10.1 Å². The van der Waals surface area contributed by atoms with Gasteiger partial charge in [-0.2, -0.15) is 4.98 Å². The van der Waals surface area contributed by atoms with Gasteiger partial charge in [-0.05, 0) is 38.5 Å². The summed E-state index contributed by atoms with van der Waals surface area (Å²) in [5.41, 5.74) is 0.119. The van der Waals surface area contributed by atoms with Crippen LogP contribution in [0.4, 0.5) is 6.01 Å². The molecular weight excluding hydrogens is 254 g/mol. The first-order valence-corrected chi connectivity index (χ1v) is 8.07. The Hall–Kier alpha value is -1.10. The van der Waals surface area contributed by atoms with Crippen molar-refractivity contribution < 1.29 is 9.26 Å². The minimum absolute atomic E-state index is 0.119. The Kier molecular flexibility index (Phi) is 3.17. The molecule has 1 aromatic heterocycles. The molecule has 0 amide bonds. The minimum atomic E-state index is 0.119. The van der Waals surface area contributed by atoms with Gasteiger partial charge in [0.1, 0.15) is 0 Å². The zero-order chi connectivity index (χ0) is 13.4. The van der Waals surface area contributed by atoms with Crippen LogP contribution in [0.3, 0.4) is 0 Å². The molecule has 1 saturated heterocycles. The summed E-state index contributed by atoms with van der Waals surface area (Å²) < 4.78 is 11.5. The van der Waals surface area contributed by atoms with Crippen molar-refractivity contribution in [2.24, 2.45) is 0 Å². The van der Waals surface area contributed by atoms with E-state index in [0.29, 0.717) is 18.0 Å². The molecule has 2 aliphatic carbocycles. The number of ether oxygens (including phenoxy) is 1. The lowest BCUT2D eigenvalue weighted by Gasteiger charge is -2.43. The molecule has 4 rings (SSSR count). The maximum Gasteiger partial charge on any atom is 0.321 e. The lowest BCUT2D eigenvalue weighted by atomic mass is 9.78. The van der Waals surface area contributed by atoms with E-state index in [1.807, 2.05) is 0 Å². The van der Waals surface area contributed by atoms with E-state index in [9.17, 15) is 0 Å². The van der Waals surface area contributed by atoms with Gasteiger partial charge in [-0.1, -0.05) is 24.4 Å². The summed E-state index contributed by atoms with van der Waals surface area (Å²) in [6.07, 6.45) is 10.9. The van der Waals surface area contributed by atoms with E-state index in [0.717, 1.165) is 25.3 Å². The van der Waals surface area contributed by atoms with E-state index in [2.05, 4.69) is 15.5 Å². The van der Waals surface area contributed by atoms with Crippen molar-refractivity contribution >= 4 is 6.01 Å². The highest BCUT2D eigenvalue weighted by molar-refractivity contribution is 5.23. The van der Waals surface area contributed by atoms with Crippen LogP contribution in [-0.2, 0) is 4.74 Å². The third-order valence-electron chi connectivity index (χ3n) is 4.97. The molecule has 0 bridgehead atoms. The van der Waals surface area contributed by atoms with Crippen LogP contribution in [0, 0.1) is 0 Å². The predicted octanol–water partition coefficient (Wildman–Crippen LogP) is 3.24. The molecule has 110 valence electrons. The number of aromatic nitrogens is 2. The van der Waals surface area contributed by atoms with Gasteiger partial charge in [0.15, 0.2) is 5.82 Å². The van der Waals surface area contributed by atoms with E-state index >= 15 is 0 Å². The Morgan fingerprint density at radius 2 is 1.95 bits per heavy atom. The molecule has 3 fully saturated rings. The van der Waals surface area contributed by atoms with Gasteiger partial charge in [0.25, 0.3) is 0 Å². The topological polar surface area (TPSA) is 60.2 Å². The number of hydrogen-bond acceptors (Lipinski definition) is 5. The van der Waals surface area contributed by atoms with Gasteiger partial charge in [-0.15, -0.1) is 0 Å². The second-order valence-corrected chi connectivity index (χ2v) is 6.66. The molecular formula is C15H23N3O2. The van der Waals surface area contributed by atoms with E-state index in [1.165, 1.54) is 44.9 Å². The number of nitrogens with one attached hydrogen (secondary N) is 1. The SMILES string of the molecule is C1CCC2(CC1)CC(Nc1nc(C3CC3)no1)CCO2. The fraction of sp³-hybridized carbons (Fsp3) is 0.867. The van der Waals surface area contributed by atoms with Gasteiger partial charge in [0.05, 0.1) is 5.60 Å². The Bertz CT molecular complexity index is 458. The van der Waals surface area contributed by atoms with Crippen LogP contribution in [-0.4, -0.2) is 28.4 Å². The summed E-state index contributed by atoms with van der Waals surface area (Å²) in [4.78, 5) is 4.47. The first-order valence-electron chi connectivity index (χ1n) is 8.07. The molecule has 2 saturated carbocycles. The summed E-state index contributed by atoms with van der Waals surface area (Å²) in [6, 6.07) is 1.01. The normalized spacial score (nSPS) is 29.5. The van der Waals surface area contributed by atoms with Crippen LogP contribution in [0.1, 0.15) is 69.5 Å². The highest BCUT2D eigenvalue weighted by Crippen LogP contribution is 2.40. The van der Waals surface area contributed by atoms with E-state index < -0.39 is 0 Å². The quantitative estimate of drug-likeness (QED) is 0.919. The second kappa shape index (κ2) is 5.02. The molecule has 20 heavy (non-hydrogen) atoms. The van der Waals surface area contributed by atoms with Crippen LogP contribution < -0.4 is 5.32 Å². The molecule has 5 nitrogen and oxygen atoms in total. The average molecular weight is 277 g/mol. The van der Waals surface area contributed by atoms with Crippen molar-refractivity contribution in [2.45, 2.75) is 75.3 Å². The summed E-state index contributed by atoms with van der Waals surface area (Å²) in [6.45, 7) is 0.848.